The Morgan fingerprint density at radius 2 is 1.10 bits per heavy atom. The van der Waals surface area contributed by atoms with Crippen molar-refractivity contribution in [1.29, 1.82) is 0 Å². The van der Waals surface area contributed by atoms with Crippen LogP contribution >= 0.6 is 23.2 Å². The fraction of sp³-hybridized carbons (Fsp3) is 0.364. The van der Waals surface area contributed by atoms with Crippen LogP contribution in [-0.2, 0) is 9.59 Å². The maximum Gasteiger partial charge on any atom is 0.258 e. The van der Waals surface area contributed by atoms with Crippen LogP contribution in [0.5, 0.6) is 11.5 Å². The summed E-state index contributed by atoms with van der Waals surface area (Å²) in [7, 11) is 0. The third-order valence-electron chi connectivity index (χ3n) is 4.83. The fourth-order valence-electron chi connectivity index (χ4n) is 3.33. The highest BCUT2D eigenvalue weighted by Crippen LogP contribution is 2.20. The summed E-state index contributed by atoms with van der Waals surface area (Å²) in [6.45, 7) is -0.197. The van der Waals surface area contributed by atoms with Crippen molar-refractivity contribution in [2.45, 2.75) is 37.8 Å². The molecule has 0 unspecified atom stereocenters. The smallest absolute Gasteiger partial charge is 0.258 e. The summed E-state index contributed by atoms with van der Waals surface area (Å²) < 4.78 is 11.0. The topological polar surface area (TPSA) is 76.7 Å². The van der Waals surface area contributed by atoms with E-state index in [9.17, 15) is 9.59 Å². The molecule has 1 saturated carbocycles. The predicted octanol–water partition coefficient (Wildman–Crippen LogP) is 3.99. The van der Waals surface area contributed by atoms with E-state index < -0.39 is 0 Å². The minimum Gasteiger partial charge on any atom is -0.484 e. The summed E-state index contributed by atoms with van der Waals surface area (Å²) >= 11 is 11.7. The highest BCUT2D eigenvalue weighted by Gasteiger charge is 2.28. The van der Waals surface area contributed by atoms with Gasteiger partial charge in [0.15, 0.2) is 13.2 Å². The minimum atomic E-state index is -0.228. The number of carbonyl (C=O) groups excluding carboxylic acids is 2. The number of hydrogen-bond acceptors (Lipinski definition) is 4. The standard InChI is InChI=1S/C22H24Cl2N2O4/c23-15-5-9-17(10-6-15)29-13-21(27)25-19-3-1-2-4-20(19)26-22(28)14-30-18-11-7-16(24)8-12-18/h5-12,19-20H,1-4,13-14H2,(H,25,27)(H,26,28)/t19-,20+. The van der Waals surface area contributed by atoms with E-state index in [1.54, 1.807) is 48.5 Å². The molecule has 2 aromatic carbocycles. The molecule has 0 aromatic heterocycles. The van der Waals surface area contributed by atoms with Crippen LogP contribution in [0.3, 0.4) is 0 Å². The molecule has 0 saturated heterocycles. The Morgan fingerprint density at radius 1 is 0.733 bits per heavy atom. The Bertz CT molecular complexity index is 772. The molecule has 2 amide bonds. The lowest BCUT2D eigenvalue weighted by Gasteiger charge is -2.32. The van der Waals surface area contributed by atoms with Gasteiger partial charge in [-0.25, -0.2) is 0 Å². The Kier molecular flexibility index (Phi) is 8.22. The molecule has 0 radical (unpaired) electrons. The normalized spacial score (nSPS) is 18.3. The lowest BCUT2D eigenvalue weighted by Crippen LogP contribution is -2.54. The average molecular weight is 451 g/mol. The van der Waals surface area contributed by atoms with Crippen LogP contribution in [-0.4, -0.2) is 37.1 Å². The molecular weight excluding hydrogens is 427 g/mol. The van der Waals surface area contributed by atoms with Crippen molar-refractivity contribution < 1.29 is 19.1 Å². The van der Waals surface area contributed by atoms with Crippen molar-refractivity contribution >= 4 is 35.0 Å². The summed E-state index contributed by atoms with van der Waals surface area (Å²) in [6.07, 6.45) is 3.60. The lowest BCUT2D eigenvalue weighted by atomic mass is 9.90. The first-order valence-electron chi connectivity index (χ1n) is 9.85. The second-order valence-corrected chi connectivity index (χ2v) is 7.99. The highest BCUT2D eigenvalue weighted by molar-refractivity contribution is 6.30. The molecule has 160 valence electrons. The summed E-state index contributed by atoms with van der Waals surface area (Å²) in [5.74, 6) is 0.687. The number of rotatable bonds is 8. The second-order valence-electron chi connectivity index (χ2n) is 7.12. The maximum atomic E-state index is 12.3. The first kappa shape index (κ1) is 22.2. The molecule has 1 aliphatic carbocycles. The van der Waals surface area contributed by atoms with Gasteiger partial charge in [-0.1, -0.05) is 36.0 Å². The van der Waals surface area contributed by atoms with E-state index >= 15 is 0 Å². The Balaban J connectivity index is 1.45. The van der Waals surface area contributed by atoms with Crippen molar-refractivity contribution in [3.05, 3.63) is 58.6 Å². The number of benzene rings is 2. The number of hydrogen-bond donors (Lipinski definition) is 2. The Labute approximate surface area is 185 Å². The quantitative estimate of drug-likeness (QED) is 0.637. The number of nitrogens with one attached hydrogen (secondary N) is 2. The van der Waals surface area contributed by atoms with Crippen molar-refractivity contribution in [2.75, 3.05) is 13.2 Å². The molecule has 1 aliphatic rings. The van der Waals surface area contributed by atoms with Gasteiger partial charge in [0.2, 0.25) is 0 Å². The fourth-order valence-corrected chi connectivity index (χ4v) is 3.58. The van der Waals surface area contributed by atoms with Crippen molar-refractivity contribution in [3.63, 3.8) is 0 Å². The molecule has 2 atom stereocenters. The SMILES string of the molecule is O=C(COc1ccc(Cl)cc1)N[C@H]1CCCC[C@H]1NC(=O)COc1ccc(Cl)cc1. The zero-order valence-corrected chi connectivity index (χ0v) is 17.9. The van der Waals surface area contributed by atoms with Gasteiger partial charge in [-0.3, -0.25) is 9.59 Å². The molecule has 0 spiro atoms. The zero-order chi connectivity index (χ0) is 21.3. The molecule has 0 bridgehead atoms. The van der Waals surface area contributed by atoms with E-state index in [2.05, 4.69) is 10.6 Å². The van der Waals surface area contributed by atoms with Gasteiger partial charge in [-0.2, -0.15) is 0 Å². The van der Waals surface area contributed by atoms with Crippen LogP contribution in [0.2, 0.25) is 10.0 Å². The molecular formula is C22H24Cl2N2O4. The molecule has 30 heavy (non-hydrogen) atoms. The molecule has 2 aromatic rings. The minimum absolute atomic E-state index is 0.0987. The Hall–Kier alpha value is -2.44. The molecule has 2 N–H and O–H groups in total. The average Bonchev–Trinajstić information content (AvgIpc) is 2.74. The number of ether oxygens (including phenoxy) is 2. The Morgan fingerprint density at radius 3 is 1.47 bits per heavy atom. The van der Waals surface area contributed by atoms with Gasteiger partial charge in [0.05, 0.1) is 0 Å². The van der Waals surface area contributed by atoms with E-state index in [4.69, 9.17) is 32.7 Å². The summed E-state index contributed by atoms with van der Waals surface area (Å²) in [6, 6.07) is 13.4. The number of amides is 2. The lowest BCUT2D eigenvalue weighted by molar-refractivity contribution is -0.127. The van der Waals surface area contributed by atoms with E-state index in [0.717, 1.165) is 25.7 Å². The molecule has 3 rings (SSSR count). The van der Waals surface area contributed by atoms with Gasteiger partial charge in [-0.15, -0.1) is 0 Å². The van der Waals surface area contributed by atoms with Crippen molar-refractivity contribution in [2.24, 2.45) is 0 Å². The van der Waals surface area contributed by atoms with Crippen molar-refractivity contribution in [3.8, 4) is 11.5 Å². The number of halogens is 2. The van der Waals surface area contributed by atoms with Crippen LogP contribution < -0.4 is 20.1 Å². The summed E-state index contributed by atoms with van der Waals surface area (Å²) in [4.78, 5) is 24.6. The molecule has 8 heteroatoms. The first-order chi connectivity index (χ1) is 14.5. The molecule has 0 aliphatic heterocycles. The maximum absolute atomic E-state index is 12.3. The third kappa shape index (κ3) is 7.11. The van der Waals surface area contributed by atoms with Gasteiger partial charge in [0.25, 0.3) is 11.8 Å². The highest BCUT2D eigenvalue weighted by atomic mass is 35.5. The first-order valence-corrected chi connectivity index (χ1v) is 10.6. The van der Waals surface area contributed by atoms with Gasteiger partial charge in [0, 0.05) is 22.1 Å². The summed E-state index contributed by atoms with van der Waals surface area (Å²) in [5.41, 5.74) is 0. The second kappa shape index (κ2) is 11.1. The van der Waals surface area contributed by atoms with E-state index in [1.807, 2.05) is 0 Å². The van der Waals surface area contributed by atoms with Gasteiger partial charge >= 0.3 is 0 Å². The van der Waals surface area contributed by atoms with Crippen LogP contribution in [0.4, 0.5) is 0 Å². The summed E-state index contributed by atoms with van der Waals surface area (Å²) in [5, 5.41) is 7.16. The largest absolute Gasteiger partial charge is 0.484 e. The van der Waals surface area contributed by atoms with E-state index in [0.29, 0.717) is 21.5 Å². The predicted molar refractivity (Wildman–Crippen MR) is 116 cm³/mol. The van der Waals surface area contributed by atoms with Gasteiger partial charge in [-0.05, 0) is 61.4 Å². The molecule has 1 fully saturated rings. The van der Waals surface area contributed by atoms with Crippen LogP contribution in [0, 0.1) is 0 Å². The van der Waals surface area contributed by atoms with Crippen molar-refractivity contribution in [1.82, 2.24) is 10.6 Å². The van der Waals surface area contributed by atoms with Crippen LogP contribution in [0.15, 0.2) is 48.5 Å². The third-order valence-corrected chi connectivity index (χ3v) is 5.33. The van der Waals surface area contributed by atoms with Crippen LogP contribution in [0.1, 0.15) is 25.7 Å². The van der Waals surface area contributed by atoms with Gasteiger partial charge in [0.1, 0.15) is 11.5 Å². The van der Waals surface area contributed by atoms with E-state index in [1.165, 1.54) is 0 Å². The molecule has 0 heterocycles. The zero-order valence-electron chi connectivity index (χ0n) is 16.4. The van der Waals surface area contributed by atoms with Gasteiger partial charge < -0.3 is 20.1 Å². The van der Waals surface area contributed by atoms with Crippen LogP contribution in [0.25, 0.3) is 0 Å². The monoisotopic (exact) mass is 450 g/mol. The van der Waals surface area contributed by atoms with E-state index in [-0.39, 0.29) is 37.1 Å². The molecule has 6 nitrogen and oxygen atoms in total. The number of carbonyl (C=O) groups is 2.